The van der Waals surface area contributed by atoms with Gasteiger partial charge in [-0.25, -0.2) is 0 Å². The van der Waals surface area contributed by atoms with Gasteiger partial charge in [0.15, 0.2) is 0 Å². The second-order valence-corrected chi connectivity index (χ2v) is 7.04. The normalized spacial score (nSPS) is 10.8. The molecule has 0 aliphatic carbocycles. The monoisotopic (exact) mass is 387 g/mol. The molecule has 0 saturated carbocycles. The van der Waals surface area contributed by atoms with E-state index in [0.717, 1.165) is 28.2 Å². The number of aryl methyl sites for hydroxylation is 2. The Morgan fingerprint density at radius 3 is 2.50 bits per heavy atom. The minimum absolute atomic E-state index is 0.136. The molecule has 2 aromatic carbocycles. The zero-order valence-electron chi connectivity index (χ0n) is 14.8. The van der Waals surface area contributed by atoms with E-state index in [4.69, 9.17) is 23.2 Å². The van der Waals surface area contributed by atoms with Crippen molar-refractivity contribution in [3.8, 4) is 0 Å². The topological polar surface area (TPSA) is 46.9 Å². The van der Waals surface area contributed by atoms with Crippen LogP contribution in [0.15, 0.2) is 42.5 Å². The minimum atomic E-state index is -0.136. The average Bonchev–Trinajstić information content (AvgIpc) is 2.86. The molecule has 4 nitrogen and oxygen atoms in total. The van der Waals surface area contributed by atoms with E-state index in [2.05, 4.69) is 10.4 Å². The number of anilines is 1. The maximum Gasteiger partial charge on any atom is 0.256 e. The van der Waals surface area contributed by atoms with Gasteiger partial charge in [0, 0.05) is 5.56 Å². The summed E-state index contributed by atoms with van der Waals surface area (Å²) in [6.45, 7) is 6.28. The largest absolute Gasteiger partial charge is 0.319 e. The highest BCUT2D eigenvalue weighted by molar-refractivity contribution is 6.42. The summed E-state index contributed by atoms with van der Waals surface area (Å²) < 4.78 is 1.85. The molecule has 6 heteroatoms. The second-order valence-electron chi connectivity index (χ2n) is 6.22. The molecule has 1 amide bonds. The van der Waals surface area contributed by atoms with Crippen LogP contribution in [0.25, 0.3) is 0 Å². The molecule has 0 spiro atoms. The van der Waals surface area contributed by atoms with Gasteiger partial charge in [-0.2, -0.15) is 5.10 Å². The highest BCUT2D eigenvalue weighted by atomic mass is 35.5. The maximum absolute atomic E-state index is 12.6. The molecular formula is C20H19Cl2N3O. The SMILES string of the molecule is Cc1ccccc1C(=O)Nc1c(C)nn(Cc2ccc(Cl)c(Cl)c2)c1C. The molecular weight excluding hydrogens is 369 g/mol. The Bertz CT molecular complexity index is 979. The van der Waals surface area contributed by atoms with Crippen LogP contribution in [-0.4, -0.2) is 15.7 Å². The van der Waals surface area contributed by atoms with Gasteiger partial charge in [-0.05, 0) is 50.1 Å². The number of carbonyl (C=O) groups is 1. The van der Waals surface area contributed by atoms with E-state index in [1.807, 2.05) is 61.9 Å². The molecule has 3 aromatic rings. The summed E-state index contributed by atoms with van der Waals surface area (Å²) in [5, 5.41) is 8.58. The molecule has 1 aromatic heterocycles. The summed E-state index contributed by atoms with van der Waals surface area (Å²) in [6.07, 6.45) is 0. The van der Waals surface area contributed by atoms with Crippen LogP contribution in [0.5, 0.6) is 0 Å². The molecule has 0 saturated heterocycles. The molecule has 134 valence electrons. The van der Waals surface area contributed by atoms with Gasteiger partial charge in [0.25, 0.3) is 5.91 Å². The van der Waals surface area contributed by atoms with E-state index >= 15 is 0 Å². The van der Waals surface area contributed by atoms with Crippen molar-refractivity contribution in [2.45, 2.75) is 27.3 Å². The van der Waals surface area contributed by atoms with Crippen molar-refractivity contribution in [1.82, 2.24) is 9.78 Å². The highest BCUT2D eigenvalue weighted by Crippen LogP contribution is 2.25. The molecule has 0 fully saturated rings. The van der Waals surface area contributed by atoms with Gasteiger partial charge in [0.1, 0.15) is 0 Å². The first-order valence-corrected chi connectivity index (χ1v) is 8.97. The highest BCUT2D eigenvalue weighted by Gasteiger charge is 2.16. The zero-order valence-corrected chi connectivity index (χ0v) is 16.3. The molecule has 0 aliphatic rings. The first-order valence-electron chi connectivity index (χ1n) is 8.21. The number of halogens is 2. The van der Waals surface area contributed by atoms with Crippen molar-refractivity contribution in [1.29, 1.82) is 0 Å². The summed E-state index contributed by atoms with van der Waals surface area (Å²) in [7, 11) is 0. The number of amides is 1. The van der Waals surface area contributed by atoms with E-state index in [1.165, 1.54) is 0 Å². The molecule has 0 aliphatic heterocycles. The number of hydrogen-bond acceptors (Lipinski definition) is 2. The number of carbonyl (C=O) groups excluding carboxylic acids is 1. The first kappa shape index (κ1) is 18.5. The maximum atomic E-state index is 12.6. The lowest BCUT2D eigenvalue weighted by molar-refractivity contribution is 0.102. The first-order chi connectivity index (χ1) is 12.4. The van der Waals surface area contributed by atoms with Gasteiger partial charge in [-0.3, -0.25) is 9.48 Å². The van der Waals surface area contributed by atoms with Gasteiger partial charge >= 0.3 is 0 Å². The molecule has 0 atom stereocenters. The summed E-state index contributed by atoms with van der Waals surface area (Å²) >= 11 is 12.1. The summed E-state index contributed by atoms with van der Waals surface area (Å²) in [6, 6.07) is 13.0. The van der Waals surface area contributed by atoms with Crippen molar-refractivity contribution < 1.29 is 4.79 Å². The number of aromatic nitrogens is 2. The van der Waals surface area contributed by atoms with Crippen LogP contribution < -0.4 is 5.32 Å². The average molecular weight is 388 g/mol. The zero-order chi connectivity index (χ0) is 18.8. The fourth-order valence-electron chi connectivity index (χ4n) is 2.85. The lowest BCUT2D eigenvalue weighted by Gasteiger charge is -2.09. The van der Waals surface area contributed by atoms with Crippen LogP contribution in [0.3, 0.4) is 0 Å². The van der Waals surface area contributed by atoms with E-state index < -0.39 is 0 Å². The Kier molecular flexibility index (Phi) is 5.35. The van der Waals surface area contributed by atoms with Crippen LogP contribution >= 0.6 is 23.2 Å². The van der Waals surface area contributed by atoms with Crippen molar-refractivity contribution in [3.63, 3.8) is 0 Å². The lowest BCUT2D eigenvalue weighted by atomic mass is 10.1. The van der Waals surface area contributed by atoms with Crippen LogP contribution in [0, 0.1) is 20.8 Å². The van der Waals surface area contributed by atoms with Gasteiger partial charge in [-0.1, -0.05) is 47.5 Å². The third-order valence-corrected chi connectivity index (χ3v) is 5.07. The Balaban J connectivity index is 1.85. The van der Waals surface area contributed by atoms with Crippen molar-refractivity contribution >= 4 is 34.8 Å². The summed E-state index contributed by atoms with van der Waals surface area (Å²) in [4.78, 5) is 12.6. The van der Waals surface area contributed by atoms with Crippen molar-refractivity contribution in [3.05, 3.63) is 80.6 Å². The predicted octanol–water partition coefficient (Wildman–Crippen LogP) is 5.42. The Hall–Kier alpha value is -2.30. The van der Waals surface area contributed by atoms with Crippen molar-refractivity contribution in [2.24, 2.45) is 0 Å². The fourth-order valence-corrected chi connectivity index (χ4v) is 3.17. The molecule has 0 radical (unpaired) electrons. The van der Waals surface area contributed by atoms with Gasteiger partial charge in [-0.15, -0.1) is 0 Å². The van der Waals surface area contributed by atoms with Gasteiger partial charge < -0.3 is 5.32 Å². The van der Waals surface area contributed by atoms with E-state index in [1.54, 1.807) is 6.07 Å². The predicted molar refractivity (Wildman–Crippen MR) is 106 cm³/mol. The standard InChI is InChI=1S/C20H19Cl2N3O/c1-12-6-4-5-7-16(12)20(26)23-19-13(2)24-25(14(19)3)11-15-8-9-17(21)18(22)10-15/h4-10H,11H2,1-3H3,(H,23,26). The van der Waals surface area contributed by atoms with Crippen LogP contribution in [0.1, 0.15) is 32.9 Å². The Morgan fingerprint density at radius 2 is 1.81 bits per heavy atom. The molecule has 0 unspecified atom stereocenters. The molecule has 3 rings (SSSR count). The summed E-state index contributed by atoms with van der Waals surface area (Å²) in [5.41, 5.74) is 4.96. The Labute approximate surface area is 162 Å². The second kappa shape index (κ2) is 7.52. The van der Waals surface area contributed by atoms with Gasteiger partial charge in [0.2, 0.25) is 0 Å². The number of nitrogens with one attached hydrogen (secondary N) is 1. The quantitative estimate of drug-likeness (QED) is 0.649. The summed E-state index contributed by atoms with van der Waals surface area (Å²) in [5.74, 6) is -0.136. The number of nitrogens with zero attached hydrogens (tertiary/aromatic N) is 2. The van der Waals surface area contributed by atoms with E-state index in [0.29, 0.717) is 22.2 Å². The Morgan fingerprint density at radius 1 is 1.08 bits per heavy atom. The smallest absolute Gasteiger partial charge is 0.256 e. The van der Waals surface area contributed by atoms with Gasteiger partial charge in [0.05, 0.1) is 33.7 Å². The third kappa shape index (κ3) is 3.76. The fraction of sp³-hybridized carbons (Fsp3) is 0.200. The third-order valence-electron chi connectivity index (χ3n) is 4.33. The molecule has 1 heterocycles. The molecule has 1 N–H and O–H groups in total. The number of benzene rings is 2. The van der Waals surface area contributed by atoms with E-state index in [-0.39, 0.29) is 5.91 Å². The minimum Gasteiger partial charge on any atom is -0.319 e. The van der Waals surface area contributed by atoms with Crippen LogP contribution in [0.2, 0.25) is 10.0 Å². The van der Waals surface area contributed by atoms with E-state index in [9.17, 15) is 4.79 Å². The van der Waals surface area contributed by atoms with Crippen LogP contribution in [0.4, 0.5) is 5.69 Å². The number of rotatable bonds is 4. The van der Waals surface area contributed by atoms with Crippen LogP contribution in [-0.2, 0) is 6.54 Å². The number of hydrogen-bond donors (Lipinski definition) is 1. The van der Waals surface area contributed by atoms with Crippen molar-refractivity contribution in [2.75, 3.05) is 5.32 Å². The molecule has 26 heavy (non-hydrogen) atoms. The molecule has 0 bridgehead atoms. The lowest BCUT2D eigenvalue weighted by Crippen LogP contribution is -2.14.